The van der Waals surface area contributed by atoms with Gasteiger partial charge in [0.15, 0.2) is 23.2 Å². The van der Waals surface area contributed by atoms with E-state index in [0.717, 1.165) is 62.5 Å². The van der Waals surface area contributed by atoms with Crippen molar-refractivity contribution in [2.24, 2.45) is 5.84 Å². The normalized spacial score (nSPS) is 9.90. The fourth-order valence-corrected chi connectivity index (χ4v) is 5.12. The zero-order chi connectivity index (χ0) is 44.6. The summed E-state index contributed by atoms with van der Waals surface area (Å²) in [6.45, 7) is 23.4. The number of carbonyl (C=O) groups excluding carboxylic acids is 2. The van der Waals surface area contributed by atoms with Gasteiger partial charge in [0.05, 0.1) is 18.9 Å². The molecule has 0 fully saturated rings. The summed E-state index contributed by atoms with van der Waals surface area (Å²) >= 11 is 0. The van der Waals surface area contributed by atoms with Gasteiger partial charge in [0.1, 0.15) is 5.82 Å². The molecule has 0 aliphatic heterocycles. The molecule has 0 spiro atoms. The van der Waals surface area contributed by atoms with Gasteiger partial charge in [0.25, 0.3) is 5.56 Å². The summed E-state index contributed by atoms with van der Waals surface area (Å²) in [5, 5.41) is 7.19. The first kappa shape index (κ1) is 48.5. The molecule has 6 heterocycles. The number of aryl methyl sites for hydroxylation is 10. The number of nitrogens with one attached hydrogen (secondary N) is 2. The minimum absolute atomic E-state index is 0.0452. The van der Waals surface area contributed by atoms with Gasteiger partial charge in [-0.1, -0.05) is 30.3 Å². The Morgan fingerprint density at radius 3 is 1.58 bits per heavy atom. The second kappa shape index (κ2) is 23.0. The number of anilines is 1. The first-order valence-corrected chi connectivity index (χ1v) is 18.7. The van der Waals surface area contributed by atoms with Crippen LogP contribution in [0.2, 0.25) is 0 Å². The van der Waals surface area contributed by atoms with Gasteiger partial charge >= 0.3 is 0 Å². The fraction of sp³-hybridized carbons (Fsp3) is 0.318. The van der Waals surface area contributed by atoms with Crippen molar-refractivity contribution in [1.29, 1.82) is 0 Å². The Kier molecular flexibility index (Phi) is 18.9. The molecule has 0 aliphatic carbocycles. The Morgan fingerprint density at radius 2 is 1.17 bits per heavy atom. The minimum Gasteiger partial charge on any atom is -0.481 e. The smallest absolute Gasteiger partial charge is 0.275 e. The van der Waals surface area contributed by atoms with E-state index in [-0.39, 0.29) is 28.6 Å². The Morgan fingerprint density at radius 1 is 0.695 bits per heavy atom. The largest absolute Gasteiger partial charge is 0.481 e. The molecule has 6 rings (SSSR count). The highest BCUT2D eigenvalue weighted by Crippen LogP contribution is 2.22. The highest BCUT2D eigenvalue weighted by atomic mass is 19.1. The maximum atomic E-state index is 12.5. The number of hydrogen-bond acceptors (Lipinski definition) is 11. The second-order valence-corrected chi connectivity index (χ2v) is 13.7. The van der Waals surface area contributed by atoms with Crippen LogP contribution in [0.15, 0.2) is 77.4 Å². The number of aromatic nitrogens is 8. The van der Waals surface area contributed by atoms with Gasteiger partial charge < -0.3 is 10.2 Å². The lowest BCUT2D eigenvalue weighted by molar-refractivity contribution is -0.119. The highest BCUT2D eigenvalue weighted by Gasteiger charge is 2.13. The summed E-state index contributed by atoms with van der Waals surface area (Å²) in [7, 11) is 1.64. The molecule has 0 aromatic carbocycles. The number of nitrogens with two attached hydrogens (primary N) is 1. The number of aromatic amines is 1. The number of methoxy groups -OCH3 is 1. The zero-order valence-electron chi connectivity index (χ0n) is 36.6. The van der Waals surface area contributed by atoms with Crippen molar-refractivity contribution in [2.45, 2.75) is 90.0 Å². The number of hydrazine groups is 1. The summed E-state index contributed by atoms with van der Waals surface area (Å²) in [5.74, 6) is 7.50. The molecule has 0 unspecified atom stereocenters. The van der Waals surface area contributed by atoms with E-state index >= 15 is 0 Å². The first-order valence-electron chi connectivity index (χ1n) is 18.7. The quantitative estimate of drug-likeness (QED) is 0.0375. The van der Waals surface area contributed by atoms with Crippen molar-refractivity contribution in [3.8, 4) is 17.5 Å². The van der Waals surface area contributed by atoms with Crippen molar-refractivity contribution in [3.63, 3.8) is 0 Å². The van der Waals surface area contributed by atoms with Crippen LogP contribution in [0.3, 0.4) is 0 Å². The Hall–Kier alpha value is -6.61. The minimum atomic E-state index is -0.366. The summed E-state index contributed by atoms with van der Waals surface area (Å²) < 4.78 is 21.0. The van der Waals surface area contributed by atoms with Gasteiger partial charge in [-0.2, -0.15) is 14.2 Å². The van der Waals surface area contributed by atoms with E-state index in [1.54, 1.807) is 64.0 Å². The molecule has 314 valence electrons. The molecule has 0 atom stereocenters. The molecule has 0 radical (unpaired) electrons. The lowest BCUT2D eigenvalue weighted by Gasteiger charge is -2.09. The molecular formula is C44H57FN10O4. The van der Waals surface area contributed by atoms with Crippen molar-refractivity contribution < 1.29 is 18.7 Å². The van der Waals surface area contributed by atoms with Gasteiger partial charge in [-0.05, 0) is 131 Å². The Labute approximate surface area is 345 Å². The van der Waals surface area contributed by atoms with Crippen molar-refractivity contribution in [1.82, 2.24) is 39.5 Å². The second-order valence-electron chi connectivity index (χ2n) is 13.7. The molecular weight excluding hydrogens is 752 g/mol. The van der Waals surface area contributed by atoms with Crippen LogP contribution in [0.25, 0.3) is 11.6 Å². The Balaban J connectivity index is 0.000000261. The van der Waals surface area contributed by atoms with Gasteiger partial charge in [0.2, 0.25) is 11.8 Å². The number of halogens is 1. The number of H-pyrrole nitrogens is 1. The van der Waals surface area contributed by atoms with Gasteiger partial charge in [-0.15, -0.1) is 0 Å². The molecule has 59 heavy (non-hydrogen) atoms. The number of rotatable bonds is 6. The van der Waals surface area contributed by atoms with Crippen molar-refractivity contribution in [2.75, 3.05) is 12.5 Å². The van der Waals surface area contributed by atoms with Crippen LogP contribution < -0.4 is 21.6 Å². The summed E-state index contributed by atoms with van der Waals surface area (Å²) in [5.41, 5.74) is 11.7. The van der Waals surface area contributed by atoms with Crippen LogP contribution >= 0.6 is 0 Å². The molecule has 0 bridgehead atoms. The summed E-state index contributed by atoms with van der Waals surface area (Å²) in [4.78, 5) is 49.4. The third-order valence-corrected chi connectivity index (χ3v) is 8.47. The average molecular weight is 809 g/mol. The predicted molar refractivity (Wildman–Crippen MR) is 231 cm³/mol. The molecule has 4 N–H and O–H groups in total. The molecule has 6 aromatic rings. The number of nitrogens with zero attached hydrogens (tertiary/aromatic N) is 7. The van der Waals surface area contributed by atoms with Crippen LogP contribution in [0.1, 0.15) is 76.9 Å². The average Bonchev–Trinajstić information content (AvgIpc) is 3.73. The van der Waals surface area contributed by atoms with E-state index in [4.69, 9.17) is 10.6 Å². The van der Waals surface area contributed by atoms with Crippen LogP contribution in [-0.4, -0.2) is 58.2 Å². The fourth-order valence-electron chi connectivity index (χ4n) is 5.12. The van der Waals surface area contributed by atoms with E-state index in [1.165, 1.54) is 24.6 Å². The molecule has 0 saturated carbocycles. The molecule has 0 saturated heterocycles. The SMILES string of the molecule is CC=C(C(C)=O)C(C)=O.COc1c(C)cnn1-c1nc(C)ccc1C.Cc1ccc(C)c(-n2[nH]cc(C)c2=O)n1.Cc1ccc(C)c(F)n1.Cc1ccc(C)c(NN)n1. The molecule has 6 aromatic heterocycles. The van der Waals surface area contributed by atoms with Crippen LogP contribution in [-0.2, 0) is 9.59 Å². The summed E-state index contributed by atoms with van der Waals surface area (Å²) in [6.07, 6.45) is 5.00. The molecule has 14 nitrogen and oxygen atoms in total. The van der Waals surface area contributed by atoms with Gasteiger partial charge in [0, 0.05) is 45.7 Å². The van der Waals surface area contributed by atoms with Crippen molar-refractivity contribution in [3.05, 3.63) is 145 Å². The van der Waals surface area contributed by atoms with E-state index in [2.05, 4.69) is 35.6 Å². The number of pyridine rings is 4. The van der Waals surface area contributed by atoms with Crippen molar-refractivity contribution >= 4 is 17.4 Å². The van der Waals surface area contributed by atoms with Crippen LogP contribution in [0.4, 0.5) is 10.2 Å². The van der Waals surface area contributed by atoms with E-state index in [1.807, 2.05) is 84.9 Å². The number of ketones is 2. The van der Waals surface area contributed by atoms with Gasteiger partial charge in [-0.3, -0.25) is 19.5 Å². The number of Topliss-reactive ketones (excluding diaryl/α,β-unsaturated/α-hetero) is 2. The van der Waals surface area contributed by atoms with E-state index in [9.17, 15) is 18.8 Å². The maximum Gasteiger partial charge on any atom is 0.275 e. The lowest BCUT2D eigenvalue weighted by atomic mass is 10.1. The molecule has 0 aliphatic rings. The molecule has 0 amide bonds. The van der Waals surface area contributed by atoms with E-state index in [0.29, 0.717) is 16.9 Å². The number of carbonyl (C=O) groups is 2. The summed E-state index contributed by atoms with van der Waals surface area (Å²) in [6, 6.07) is 15.4. The predicted octanol–water partition coefficient (Wildman–Crippen LogP) is 7.62. The zero-order valence-corrected chi connectivity index (χ0v) is 36.6. The standard InChI is InChI=1S/C12H15N3O.C11H13N3O.C7H8FN.C7H11N3.C7H10O2/c1-8-5-6-10(3)14-11(8)15-12(16-4)9(2)7-13-15;1-7-4-5-9(3)13-10(7)14-11(15)8(2)6-12-14;1-5-3-4-6(2)9-7(5)8;1-5-3-4-6(2)9-7(5)10-8;1-4-7(5(2)8)6(3)9/h5-7H,1-4H3;4-6,12H,1-3H3;3-4H,1-2H3;3-4H,8H2,1-2H3,(H,9,10);4H,1-3H3. The molecule has 15 heteroatoms. The number of hydrogen-bond donors (Lipinski definition) is 3. The van der Waals surface area contributed by atoms with Gasteiger partial charge in [-0.25, -0.2) is 30.5 Å². The first-order chi connectivity index (χ1) is 27.7. The maximum absolute atomic E-state index is 12.5. The lowest BCUT2D eigenvalue weighted by Crippen LogP contribution is -2.18. The topological polar surface area (TPSA) is 189 Å². The van der Waals surface area contributed by atoms with E-state index < -0.39 is 0 Å². The monoisotopic (exact) mass is 808 g/mol. The third kappa shape index (κ3) is 14.4. The highest BCUT2D eigenvalue weighted by molar-refractivity contribution is 6.18. The van der Waals surface area contributed by atoms with Crippen LogP contribution in [0, 0.1) is 75.2 Å². The Bertz CT molecular complexity index is 2430. The number of ether oxygens (including phenoxy) is 1. The van der Waals surface area contributed by atoms with Crippen LogP contribution in [0.5, 0.6) is 5.88 Å². The third-order valence-electron chi connectivity index (χ3n) is 8.47. The number of nitrogen functional groups attached to an aromatic ring is 1. The number of allylic oxidation sites excluding steroid dienone is 2.